The first kappa shape index (κ1) is 11.9. The lowest BCUT2D eigenvalue weighted by Crippen LogP contribution is -2.41. The quantitative estimate of drug-likeness (QED) is 0.701. The van der Waals surface area contributed by atoms with Crippen molar-refractivity contribution in [2.45, 2.75) is 25.9 Å². The minimum Gasteiger partial charge on any atom is -0.428 e. The molecule has 0 saturated carbocycles. The van der Waals surface area contributed by atoms with Crippen LogP contribution in [0.3, 0.4) is 0 Å². The highest BCUT2D eigenvalue weighted by Crippen LogP contribution is 2.19. The van der Waals surface area contributed by atoms with Crippen molar-refractivity contribution in [2.75, 3.05) is 26.2 Å². The van der Waals surface area contributed by atoms with Crippen LogP contribution in [0.15, 0.2) is 0 Å². The third-order valence-electron chi connectivity index (χ3n) is 2.68. The van der Waals surface area contributed by atoms with Gasteiger partial charge in [-0.1, -0.05) is 5.92 Å². The van der Waals surface area contributed by atoms with E-state index >= 15 is 0 Å². The van der Waals surface area contributed by atoms with Gasteiger partial charge >= 0.3 is 6.09 Å². The number of carbonyl (C=O) groups excluding carboxylic acids is 1. The molecular formula is C11H18N2O2. The maximum Gasteiger partial charge on any atom is 0.411 e. The summed E-state index contributed by atoms with van der Waals surface area (Å²) in [6, 6.07) is 0. The predicted molar refractivity (Wildman–Crippen MR) is 58.5 cm³/mol. The average molecular weight is 210 g/mol. The summed E-state index contributed by atoms with van der Waals surface area (Å²) in [7, 11) is 0. The van der Waals surface area contributed by atoms with Crippen LogP contribution in [-0.2, 0) is 4.74 Å². The highest BCUT2D eigenvalue weighted by molar-refractivity contribution is 5.68. The average Bonchev–Trinajstić information content (AvgIpc) is 2.69. The van der Waals surface area contributed by atoms with E-state index in [2.05, 4.69) is 11.2 Å². The van der Waals surface area contributed by atoms with Gasteiger partial charge in [0.05, 0.1) is 0 Å². The molecule has 4 heteroatoms. The Hall–Kier alpha value is -1.21. The molecule has 0 aromatic heterocycles. The Morgan fingerprint density at radius 2 is 2.27 bits per heavy atom. The molecule has 15 heavy (non-hydrogen) atoms. The summed E-state index contributed by atoms with van der Waals surface area (Å²) in [5.74, 6) is 2.58. The maximum absolute atomic E-state index is 11.7. The van der Waals surface area contributed by atoms with Crippen molar-refractivity contribution in [2.24, 2.45) is 0 Å². The van der Waals surface area contributed by atoms with Gasteiger partial charge in [-0.15, -0.1) is 6.42 Å². The summed E-state index contributed by atoms with van der Waals surface area (Å²) in [6.07, 6.45) is 5.79. The fourth-order valence-electron chi connectivity index (χ4n) is 1.62. The van der Waals surface area contributed by atoms with E-state index in [4.69, 9.17) is 11.2 Å². The standard InChI is InChI=1S/C11H18N2O2/c1-4-11(7-8-12-9-11)15-10(14)13(5-2)6-3/h1,12H,5-9H2,2-3H3. The summed E-state index contributed by atoms with van der Waals surface area (Å²) in [4.78, 5) is 13.3. The number of carbonyl (C=O) groups is 1. The number of ether oxygens (including phenoxy) is 1. The van der Waals surface area contributed by atoms with Crippen LogP contribution in [0.25, 0.3) is 0 Å². The number of hydrogen-bond acceptors (Lipinski definition) is 3. The van der Waals surface area contributed by atoms with Gasteiger partial charge in [-0.25, -0.2) is 4.79 Å². The highest BCUT2D eigenvalue weighted by Gasteiger charge is 2.36. The van der Waals surface area contributed by atoms with Gasteiger partial charge < -0.3 is 15.0 Å². The molecule has 84 valence electrons. The normalized spacial score (nSPS) is 24.6. The van der Waals surface area contributed by atoms with E-state index < -0.39 is 5.60 Å². The van der Waals surface area contributed by atoms with E-state index in [0.717, 1.165) is 6.54 Å². The lowest BCUT2D eigenvalue weighted by Gasteiger charge is -2.26. The van der Waals surface area contributed by atoms with Crippen LogP contribution in [0.2, 0.25) is 0 Å². The van der Waals surface area contributed by atoms with Crippen molar-refractivity contribution in [1.82, 2.24) is 10.2 Å². The number of hydrogen-bond donors (Lipinski definition) is 1. The van der Waals surface area contributed by atoms with Crippen molar-refractivity contribution in [3.05, 3.63) is 0 Å². The molecule has 1 saturated heterocycles. The van der Waals surface area contributed by atoms with Crippen molar-refractivity contribution < 1.29 is 9.53 Å². The Labute approximate surface area is 91.0 Å². The van der Waals surface area contributed by atoms with Crippen LogP contribution in [-0.4, -0.2) is 42.8 Å². The molecule has 1 heterocycles. The number of nitrogens with zero attached hydrogens (tertiary/aromatic N) is 1. The van der Waals surface area contributed by atoms with E-state index in [-0.39, 0.29) is 6.09 Å². The number of terminal acetylenes is 1. The molecule has 1 aliphatic heterocycles. The van der Waals surface area contributed by atoms with Crippen molar-refractivity contribution >= 4 is 6.09 Å². The van der Waals surface area contributed by atoms with Gasteiger partial charge in [-0.05, 0) is 13.8 Å². The van der Waals surface area contributed by atoms with Crippen LogP contribution in [0, 0.1) is 12.3 Å². The summed E-state index contributed by atoms with van der Waals surface area (Å²) >= 11 is 0. The molecule has 0 bridgehead atoms. The van der Waals surface area contributed by atoms with E-state index in [1.54, 1.807) is 4.90 Å². The molecule has 1 unspecified atom stereocenters. The molecule has 0 aromatic rings. The van der Waals surface area contributed by atoms with Crippen molar-refractivity contribution in [3.63, 3.8) is 0 Å². The smallest absolute Gasteiger partial charge is 0.411 e. The topological polar surface area (TPSA) is 41.6 Å². The van der Waals surface area contributed by atoms with Crippen LogP contribution in [0.4, 0.5) is 4.79 Å². The minimum atomic E-state index is -0.736. The first-order valence-electron chi connectivity index (χ1n) is 5.34. The predicted octanol–water partition coefficient (Wildman–Crippen LogP) is 0.830. The molecule has 1 aliphatic rings. The zero-order valence-corrected chi connectivity index (χ0v) is 9.38. The number of nitrogens with one attached hydrogen (secondary N) is 1. The second-order valence-corrected chi connectivity index (χ2v) is 3.61. The molecule has 1 rings (SSSR count). The summed E-state index contributed by atoms with van der Waals surface area (Å²) in [5.41, 5.74) is -0.736. The van der Waals surface area contributed by atoms with E-state index in [1.165, 1.54) is 0 Å². The second kappa shape index (κ2) is 5.04. The second-order valence-electron chi connectivity index (χ2n) is 3.61. The van der Waals surface area contributed by atoms with E-state index in [9.17, 15) is 4.79 Å². The Balaban J connectivity index is 2.60. The Morgan fingerprint density at radius 3 is 2.67 bits per heavy atom. The Bertz CT molecular complexity index is 260. The zero-order chi connectivity index (χ0) is 11.3. The highest BCUT2D eigenvalue weighted by atomic mass is 16.6. The minimum absolute atomic E-state index is 0.318. The lowest BCUT2D eigenvalue weighted by atomic mass is 10.1. The number of amides is 1. The molecule has 0 spiro atoms. The molecule has 1 atom stereocenters. The van der Waals surface area contributed by atoms with Crippen LogP contribution in [0.5, 0.6) is 0 Å². The van der Waals surface area contributed by atoms with Crippen LogP contribution < -0.4 is 5.32 Å². The molecule has 1 N–H and O–H groups in total. The first-order valence-corrected chi connectivity index (χ1v) is 5.34. The van der Waals surface area contributed by atoms with Crippen molar-refractivity contribution in [1.29, 1.82) is 0 Å². The summed E-state index contributed by atoms with van der Waals surface area (Å²) in [6.45, 7) is 6.47. The number of rotatable bonds is 3. The van der Waals surface area contributed by atoms with Crippen LogP contribution in [0.1, 0.15) is 20.3 Å². The maximum atomic E-state index is 11.7. The molecule has 0 aliphatic carbocycles. The van der Waals surface area contributed by atoms with Gasteiger partial charge in [0.2, 0.25) is 0 Å². The summed E-state index contributed by atoms with van der Waals surface area (Å²) in [5, 5.41) is 3.11. The third kappa shape index (κ3) is 2.63. The Morgan fingerprint density at radius 1 is 1.60 bits per heavy atom. The SMILES string of the molecule is C#CC1(OC(=O)N(CC)CC)CCNC1. The molecule has 1 fully saturated rings. The van der Waals surface area contributed by atoms with Gasteiger partial charge in [0.15, 0.2) is 5.60 Å². The van der Waals surface area contributed by atoms with Gasteiger partial charge in [0, 0.05) is 32.6 Å². The fourth-order valence-corrected chi connectivity index (χ4v) is 1.62. The van der Waals surface area contributed by atoms with E-state index in [0.29, 0.717) is 26.1 Å². The summed E-state index contributed by atoms with van der Waals surface area (Å²) < 4.78 is 5.38. The fraction of sp³-hybridized carbons (Fsp3) is 0.727. The largest absolute Gasteiger partial charge is 0.428 e. The molecule has 0 radical (unpaired) electrons. The monoisotopic (exact) mass is 210 g/mol. The van der Waals surface area contributed by atoms with Crippen molar-refractivity contribution in [3.8, 4) is 12.3 Å². The van der Waals surface area contributed by atoms with Gasteiger partial charge in [0.25, 0.3) is 0 Å². The van der Waals surface area contributed by atoms with Gasteiger partial charge in [0.1, 0.15) is 0 Å². The zero-order valence-electron chi connectivity index (χ0n) is 9.38. The molecular weight excluding hydrogens is 192 g/mol. The van der Waals surface area contributed by atoms with Gasteiger partial charge in [-0.3, -0.25) is 0 Å². The van der Waals surface area contributed by atoms with E-state index in [1.807, 2.05) is 13.8 Å². The molecule has 4 nitrogen and oxygen atoms in total. The van der Waals surface area contributed by atoms with Crippen LogP contribution >= 0.6 is 0 Å². The molecule has 0 aromatic carbocycles. The lowest BCUT2D eigenvalue weighted by molar-refractivity contribution is 0.0393. The third-order valence-corrected chi connectivity index (χ3v) is 2.68. The first-order chi connectivity index (χ1) is 7.17. The van der Waals surface area contributed by atoms with Gasteiger partial charge in [-0.2, -0.15) is 0 Å². The Kier molecular flexibility index (Phi) is 3.98. The molecule has 1 amide bonds.